The zero-order chi connectivity index (χ0) is 30.2. The highest BCUT2D eigenvalue weighted by Crippen LogP contribution is 2.60. The van der Waals surface area contributed by atoms with E-state index < -0.39 is 17.9 Å². The molecule has 0 bridgehead atoms. The normalized spacial score (nSPS) is 38.3. The molecule has 0 radical (unpaired) electrons. The maximum atomic E-state index is 13.5. The van der Waals surface area contributed by atoms with Gasteiger partial charge >= 0.3 is 5.97 Å². The third-order valence-electron chi connectivity index (χ3n) is 10.9. The number of β-lactam (4-membered cyclic amide) rings is 1. The number of aliphatic hydroxyl groups excluding tert-OH is 1. The average molecular weight is 616 g/mol. The molecule has 5 aliphatic heterocycles. The third-order valence-corrected chi connectivity index (χ3v) is 12.4. The van der Waals surface area contributed by atoms with Crippen LogP contribution in [0.2, 0.25) is 0 Å². The van der Waals surface area contributed by atoms with E-state index in [2.05, 4.69) is 31.5 Å². The number of aliphatic carboxylic acids is 1. The summed E-state index contributed by atoms with van der Waals surface area (Å²) < 4.78 is 1.28. The summed E-state index contributed by atoms with van der Waals surface area (Å²) in [7, 11) is 0. The van der Waals surface area contributed by atoms with Crippen LogP contribution in [0.1, 0.15) is 20.3 Å². The van der Waals surface area contributed by atoms with Gasteiger partial charge in [0.05, 0.1) is 24.6 Å². The van der Waals surface area contributed by atoms with E-state index in [0.717, 1.165) is 19.6 Å². The summed E-state index contributed by atoms with van der Waals surface area (Å²) in [5, 5.41) is 40.6. The number of hydrogen-bond donors (Lipinski definition) is 5. The van der Waals surface area contributed by atoms with Crippen LogP contribution >= 0.6 is 11.8 Å². The van der Waals surface area contributed by atoms with E-state index in [1.807, 2.05) is 11.8 Å². The molecule has 6 aliphatic rings. The third kappa shape index (κ3) is 4.31. The monoisotopic (exact) mass is 615 g/mol. The number of likely N-dealkylation sites (tertiary alicyclic amines) is 1. The van der Waals surface area contributed by atoms with Gasteiger partial charge in [0.15, 0.2) is 0 Å². The van der Waals surface area contributed by atoms with Crippen molar-refractivity contribution in [3.63, 3.8) is 0 Å². The van der Waals surface area contributed by atoms with Gasteiger partial charge in [-0.15, -0.1) is 16.9 Å². The Bertz CT molecular complexity index is 1370. The predicted molar refractivity (Wildman–Crippen MR) is 151 cm³/mol. The number of nitrogens with one attached hydrogen (secondary N) is 3. The van der Waals surface area contributed by atoms with E-state index in [1.54, 1.807) is 6.92 Å². The molecule has 0 spiro atoms. The number of carbonyl (C=O) groups excluding carboxylic acids is 3. The molecule has 1 aliphatic carbocycles. The highest BCUT2D eigenvalue weighted by Gasteiger charge is 2.66. The molecular weight excluding hydrogens is 578 g/mol. The van der Waals surface area contributed by atoms with Crippen LogP contribution in [-0.4, -0.2) is 127 Å². The van der Waals surface area contributed by atoms with Crippen LogP contribution in [-0.2, 0) is 25.7 Å². The lowest BCUT2D eigenvalue weighted by molar-refractivity contribution is -0.158. The van der Waals surface area contributed by atoms with Crippen molar-refractivity contribution in [2.45, 2.75) is 50.2 Å². The Morgan fingerprint density at radius 1 is 1.26 bits per heavy atom. The van der Waals surface area contributed by atoms with Crippen molar-refractivity contribution in [2.24, 2.45) is 35.0 Å². The average Bonchev–Trinajstić information content (AvgIpc) is 3.78. The molecule has 0 aromatic carbocycles. The number of carboxylic acid groups (broad SMARTS) is 1. The zero-order valence-electron chi connectivity index (χ0n) is 24.0. The predicted octanol–water partition coefficient (Wildman–Crippen LogP) is -2.30. The molecule has 1 saturated carbocycles. The summed E-state index contributed by atoms with van der Waals surface area (Å²) >= 11 is 1.45. The highest BCUT2D eigenvalue weighted by molar-refractivity contribution is 8.03. The van der Waals surface area contributed by atoms with Gasteiger partial charge in [-0.3, -0.25) is 14.4 Å². The number of rotatable bonds is 9. The molecule has 6 heterocycles. The fourth-order valence-corrected chi connectivity index (χ4v) is 10.3. The molecule has 16 heteroatoms. The Morgan fingerprint density at radius 3 is 2.79 bits per heavy atom. The van der Waals surface area contributed by atoms with E-state index in [9.17, 15) is 29.4 Å². The second-order valence-corrected chi connectivity index (χ2v) is 14.3. The van der Waals surface area contributed by atoms with Crippen LogP contribution < -0.4 is 16.0 Å². The number of thioether (sulfide) groups is 1. The SMILES string of the molecule is C[C@@H](NC(=O)Cn1cnnn1)[C@H]1C(=O)N2C(C(=O)O)=C(S[C@@H]3CN[C@H](C(=O)N4CC5[C@H](C4)C4CNCC45CO)C3)[C@H](C)[C@H]12. The van der Waals surface area contributed by atoms with Gasteiger partial charge in [0.1, 0.15) is 18.6 Å². The molecule has 3 unspecified atom stereocenters. The Hall–Kier alpha value is -3.08. The number of tetrazole rings is 1. The summed E-state index contributed by atoms with van der Waals surface area (Å²) in [6.45, 7) is 7.42. The van der Waals surface area contributed by atoms with Gasteiger partial charge in [-0.25, -0.2) is 9.48 Å². The number of carbonyl (C=O) groups is 4. The van der Waals surface area contributed by atoms with E-state index in [4.69, 9.17) is 0 Å². The van der Waals surface area contributed by atoms with Crippen LogP contribution in [0.3, 0.4) is 0 Å². The van der Waals surface area contributed by atoms with Gasteiger partial charge in [-0.1, -0.05) is 6.92 Å². The van der Waals surface area contributed by atoms with Crippen LogP contribution in [0.15, 0.2) is 16.9 Å². The second-order valence-electron chi connectivity index (χ2n) is 13.0. The number of nitrogens with zero attached hydrogens (tertiary/aromatic N) is 6. The first kappa shape index (κ1) is 28.7. The van der Waals surface area contributed by atoms with Crippen LogP contribution in [0, 0.1) is 35.0 Å². The molecule has 1 aromatic heterocycles. The van der Waals surface area contributed by atoms with E-state index in [-0.39, 0.29) is 65.2 Å². The minimum Gasteiger partial charge on any atom is -0.477 e. The van der Waals surface area contributed by atoms with Crippen molar-refractivity contribution in [1.82, 2.24) is 46.0 Å². The van der Waals surface area contributed by atoms with Gasteiger partial charge in [0.2, 0.25) is 17.7 Å². The van der Waals surface area contributed by atoms with Crippen molar-refractivity contribution in [3.05, 3.63) is 16.9 Å². The van der Waals surface area contributed by atoms with E-state index in [1.165, 1.54) is 27.7 Å². The number of aromatic nitrogens is 4. The second kappa shape index (κ2) is 10.5. The number of carboxylic acids is 1. The van der Waals surface area contributed by atoms with Crippen molar-refractivity contribution >= 4 is 35.5 Å². The number of aliphatic hydroxyl groups is 1. The summed E-state index contributed by atoms with van der Waals surface area (Å²) in [6, 6.07) is -1.22. The van der Waals surface area contributed by atoms with Crippen LogP contribution in [0.25, 0.3) is 0 Å². The lowest BCUT2D eigenvalue weighted by atomic mass is 9.49. The Kier molecular flexibility index (Phi) is 7.02. The summed E-state index contributed by atoms with van der Waals surface area (Å²) in [5.41, 5.74) is -0.0882. The van der Waals surface area contributed by atoms with Crippen molar-refractivity contribution in [3.8, 4) is 0 Å². The van der Waals surface area contributed by atoms with Crippen LogP contribution in [0.4, 0.5) is 0 Å². The minimum absolute atomic E-state index is 0.0105. The molecule has 5 fully saturated rings. The molecule has 1 aromatic rings. The maximum absolute atomic E-state index is 13.5. The molecule has 3 amide bonds. The lowest BCUT2D eigenvalue weighted by Crippen LogP contribution is -2.66. The van der Waals surface area contributed by atoms with E-state index >= 15 is 0 Å². The first-order valence-electron chi connectivity index (χ1n) is 15.0. The fraction of sp³-hybridized carbons (Fsp3) is 0.741. The number of amides is 3. The van der Waals surface area contributed by atoms with Gasteiger partial charge in [0, 0.05) is 53.7 Å². The molecule has 4 saturated heterocycles. The van der Waals surface area contributed by atoms with Gasteiger partial charge in [-0.05, 0) is 48.1 Å². The minimum atomic E-state index is -1.15. The number of hydrogen-bond acceptors (Lipinski definition) is 11. The molecule has 43 heavy (non-hydrogen) atoms. The Labute approximate surface area is 252 Å². The first-order valence-corrected chi connectivity index (χ1v) is 15.8. The van der Waals surface area contributed by atoms with Crippen molar-refractivity contribution < 1.29 is 29.4 Å². The van der Waals surface area contributed by atoms with Crippen molar-refractivity contribution in [2.75, 3.05) is 39.3 Å². The smallest absolute Gasteiger partial charge is 0.353 e. The molecule has 7 rings (SSSR count). The largest absolute Gasteiger partial charge is 0.477 e. The number of fused-ring (bicyclic) bond motifs is 5. The van der Waals surface area contributed by atoms with Crippen molar-refractivity contribution in [1.29, 1.82) is 0 Å². The fourth-order valence-electron chi connectivity index (χ4n) is 8.84. The molecule has 15 nitrogen and oxygen atoms in total. The summed E-state index contributed by atoms with van der Waals surface area (Å²) in [4.78, 5) is 55.6. The zero-order valence-corrected chi connectivity index (χ0v) is 24.9. The molecule has 5 N–H and O–H groups in total. The van der Waals surface area contributed by atoms with Gasteiger partial charge in [-0.2, -0.15) is 0 Å². The highest BCUT2D eigenvalue weighted by atomic mass is 32.2. The van der Waals surface area contributed by atoms with Gasteiger partial charge in [0.25, 0.3) is 0 Å². The van der Waals surface area contributed by atoms with E-state index in [0.29, 0.717) is 42.2 Å². The lowest BCUT2D eigenvalue weighted by Gasteiger charge is -2.53. The molecular formula is C27H37N9O6S. The van der Waals surface area contributed by atoms with Gasteiger partial charge < -0.3 is 36.0 Å². The molecule has 10 atom stereocenters. The summed E-state index contributed by atoms with van der Waals surface area (Å²) in [6.07, 6.45) is 1.89. The Morgan fingerprint density at radius 2 is 2.07 bits per heavy atom. The van der Waals surface area contributed by atoms with Crippen LogP contribution in [0.5, 0.6) is 0 Å². The topological polar surface area (TPSA) is 195 Å². The Balaban J connectivity index is 0.979. The molecule has 232 valence electrons. The first-order chi connectivity index (χ1) is 20.6. The summed E-state index contributed by atoms with van der Waals surface area (Å²) in [5.74, 6) is -1.34. The standard InChI is InChI=1S/C27H37N9O6S/c1-12-21-20(13(2)31-19(38)8-35-11-30-32-33-35)25(40)36(21)22(26(41)42)23(12)43-14-3-18(29-4-14)24(39)34-6-15-16-5-28-9-27(16,10-37)17(15)7-34/h11-18,20-21,28-29,37H,3-10H2,1-2H3,(H,31,38)(H,41,42)/t12-,13-,14+,15-,16?,17?,18+,20-,21-,27?/m1/s1. The maximum Gasteiger partial charge on any atom is 0.353 e. The quantitative estimate of drug-likeness (QED) is 0.187.